The molecule has 0 radical (unpaired) electrons. The molecule has 1 N–H and O–H groups in total. The highest BCUT2D eigenvalue weighted by Gasteiger charge is 2.47. The Bertz CT molecular complexity index is 1300. The molecule has 1 aliphatic rings. The van der Waals surface area contributed by atoms with Gasteiger partial charge in [-0.1, -0.05) is 57.2 Å². The Kier molecular flexibility index (Phi) is 6.39. The predicted octanol–water partition coefficient (Wildman–Crippen LogP) is 5.63. The minimum Gasteiger partial charge on any atom is -0.507 e. The normalized spacial score (nSPS) is 17.5. The number of rotatable bonds is 5. The second-order valence-corrected chi connectivity index (χ2v) is 9.45. The molecule has 1 aliphatic heterocycles. The van der Waals surface area contributed by atoms with E-state index < -0.39 is 17.7 Å². The SMILES string of the molecule is COc1cccc(N2C(=O)C(=O)/C(=C(\O)c3ccc(OC)c(C(C)(C)C)c3)C2c2ccccc2)c1. The average molecular weight is 472 g/mol. The first-order chi connectivity index (χ1) is 16.7. The van der Waals surface area contributed by atoms with Gasteiger partial charge in [0, 0.05) is 22.9 Å². The van der Waals surface area contributed by atoms with Crippen LogP contribution < -0.4 is 14.4 Å². The summed E-state index contributed by atoms with van der Waals surface area (Å²) in [5.41, 5.74) is 2.30. The van der Waals surface area contributed by atoms with E-state index in [1.54, 1.807) is 50.6 Å². The fraction of sp³-hybridized carbons (Fsp3) is 0.241. The van der Waals surface area contributed by atoms with Crippen LogP contribution in [0.25, 0.3) is 5.76 Å². The fourth-order valence-corrected chi connectivity index (χ4v) is 4.41. The van der Waals surface area contributed by atoms with Gasteiger partial charge in [-0.05, 0) is 41.3 Å². The van der Waals surface area contributed by atoms with Crippen LogP contribution >= 0.6 is 0 Å². The molecule has 0 spiro atoms. The van der Waals surface area contributed by atoms with Crippen molar-refractivity contribution in [1.29, 1.82) is 0 Å². The number of aliphatic hydroxyl groups excluding tert-OH is 1. The Morgan fingerprint density at radius 3 is 2.23 bits per heavy atom. The smallest absolute Gasteiger partial charge is 0.300 e. The number of ether oxygens (including phenoxy) is 2. The van der Waals surface area contributed by atoms with Crippen molar-refractivity contribution in [2.45, 2.75) is 32.2 Å². The maximum absolute atomic E-state index is 13.4. The Morgan fingerprint density at radius 1 is 0.886 bits per heavy atom. The minimum atomic E-state index is -0.802. The van der Waals surface area contributed by atoms with Crippen molar-refractivity contribution in [3.05, 3.63) is 95.1 Å². The maximum atomic E-state index is 13.4. The zero-order valence-corrected chi connectivity index (χ0v) is 20.5. The molecular formula is C29H29NO5. The molecule has 1 fully saturated rings. The highest BCUT2D eigenvalue weighted by molar-refractivity contribution is 6.51. The highest BCUT2D eigenvalue weighted by Crippen LogP contribution is 2.43. The van der Waals surface area contributed by atoms with Crippen LogP contribution in [0.15, 0.2) is 78.4 Å². The minimum absolute atomic E-state index is 0.0362. The molecule has 0 saturated carbocycles. The van der Waals surface area contributed by atoms with Crippen LogP contribution in [-0.2, 0) is 15.0 Å². The number of aliphatic hydroxyl groups is 1. The van der Waals surface area contributed by atoms with Gasteiger partial charge < -0.3 is 14.6 Å². The fourth-order valence-electron chi connectivity index (χ4n) is 4.41. The summed E-state index contributed by atoms with van der Waals surface area (Å²) >= 11 is 0. The molecule has 0 aliphatic carbocycles. The number of carbonyl (C=O) groups excluding carboxylic acids is 2. The zero-order chi connectivity index (χ0) is 25.3. The van der Waals surface area contributed by atoms with Crippen molar-refractivity contribution in [2.75, 3.05) is 19.1 Å². The van der Waals surface area contributed by atoms with E-state index in [0.717, 1.165) is 5.56 Å². The summed E-state index contributed by atoms with van der Waals surface area (Å²) in [6, 6.07) is 20.7. The molecule has 4 rings (SSSR count). The number of carbonyl (C=O) groups is 2. The number of ketones is 1. The summed E-state index contributed by atoms with van der Waals surface area (Å²) in [5, 5.41) is 11.5. The molecular weight excluding hydrogens is 442 g/mol. The lowest BCUT2D eigenvalue weighted by Crippen LogP contribution is -2.29. The van der Waals surface area contributed by atoms with Gasteiger partial charge in [0.05, 0.1) is 25.8 Å². The quantitative estimate of drug-likeness (QED) is 0.297. The number of nitrogens with zero attached hydrogens (tertiary/aromatic N) is 1. The molecule has 3 aromatic carbocycles. The molecule has 0 bridgehead atoms. The van der Waals surface area contributed by atoms with Crippen molar-refractivity contribution in [2.24, 2.45) is 0 Å². The van der Waals surface area contributed by atoms with Gasteiger partial charge in [0.25, 0.3) is 11.7 Å². The average Bonchev–Trinajstić information content (AvgIpc) is 3.13. The molecule has 3 aromatic rings. The topological polar surface area (TPSA) is 76.1 Å². The van der Waals surface area contributed by atoms with Crippen LogP contribution in [0.5, 0.6) is 11.5 Å². The van der Waals surface area contributed by atoms with E-state index in [4.69, 9.17) is 9.47 Å². The maximum Gasteiger partial charge on any atom is 0.300 e. The molecule has 180 valence electrons. The Labute approximate surface area is 205 Å². The lowest BCUT2D eigenvalue weighted by atomic mass is 9.84. The van der Waals surface area contributed by atoms with E-state index in [9.17, 15) is 14.7 Å². The van der Waals surface area contributed by atoms with Crippen LogP contribution in [0, 0.1) is 0 Å². The lowest BCUT2D eigenvalue weighted by molar-refractivity contribution is -0.132. The first kappa shape index (κ1) is 24.1. The number of hydrogen-bond donors (Lipinski definition) is 1. The number of amides is 1. The van der Waals surface area contributed by atoms with E-state index in [1.807, 2.05) is 57.2 Å². The van der Waals surface area contributed by atoms with Crippen molar-refractivity contribution in [3.63, 3.8) is 0 Å². The number of hydrogen-bond acceptors (Lipinski definition) is 5. The Morgan fingerprint density at radius 2 is 1.60 bits per heavy atom. The van der Waals surface area contributed by atoms with E-state index in [-0.39, 0.29) is 16.7 Å². The number of benzene rings is 3. The third kappa shape index (κ3) is 4.39. The second kappa shape index (κ2) is 9.29. The number of Topliss-reactive ketones (excluding diaryl/α,β-unsaturated/α-hetero) is 1. The summed E-state index contributed by atoms with van der Waals surface area (Å²) in [6.07, 6.45) is 0. The molecule has 0 aromatic heterocycles. The predicted molar refractivity (Wildman–Crippen MR) is 136 cm³/mol. The van der Waals surface area contributed by atoms with Gasteiger partial charge in [-0.2, -0.15) is 0 Å². The summed E-state index contributed by atoms with van der Waals surface area (Å²) in [4.78, 5) is 28.1. The zero-order valence-electron chi connectivity index (χ0n) is 20.5. The Balaban J connectivity index is 1.95. The third-order valence-corrected chi connectivity index (χ3v) is 6.17. The van der Waals surface area contributed by atoms with E-state index in [2.05, 4.69) is 0 Å². The molecule has 6 nitrogen and oxygen atoms in total. The van der Waals surface area contributed by atoms with Crippen LogP contribution in [0.1, 0.15) is 43.5 Å². The molecule has 35 heavy (non-hydrogen) atoms. The van der Waals surface area contributed by atoms with Crippen LogP contribution in [0.3, 0.4) is 0 Å². The summed E-state index contributed by atoms with van der Waals surface area (Å²) in [7, 11) is 3.14. The number of methoxy groups -OCH3 is 2. The number of anilines is 1. The Hall–Kier alpha value is -4.06. The van der Waals surface area contributed by atoms with Crippen molar-refractivity contribution < 1.29 is 24.2 Å². The second-order valence-electron chi connectivity index (χ2n) is 9.45. The van der Waals surface area contributed by atoms with Gasteiger partial charge >= 0.3 is 0 Å². The molecule has 1 amide bonds. The highest BCUT2D eigenvalue weighted by atomic mass is 16.5. The van der Waals surface area contributed by atoms with Crippen molar-refractivity contribution in [3.8, 4) is 11.5 Å². The monoisotopic (exact) mass is 471 g/mol. The van der Waals surface area contributed by atoms with Crippen molar-refractivity contribution in [1.82, 2.24) is 0 Å². The van der Waals surface area contributed by atoms with Gasteiger partial charge in [-0.25, -0.2) is 0 Å². The summed E-state index contributed by atoms with van der Waals surface area (Å²) in [5.74, 6) is -0.437. The molecule has 1 saturated heterocycles. The first-order valence-corrected chi connectivity index (χ1v) is 11.4. The van der Waals surface area contributed by atoms with Crippen LogP contribution in [0.4, 0.5) is 5.69 Å². The largest absolute Gasteiger partial charge is 0.507 e. The van der Waals surface area contributed by atoms with Crippen molar-refractivity contribution >= 4 is 23.1 Å². The van der Waals surface area contributed by atoms with E-state index in [0.29, 0.717) is 28.3 Å². The summed E-state index contributed by atoms with van der Waals surface area (Å²) < 4.78 is 10.9. The molecule has 6 heteroatoms. The van der Waals surface area contributed by atoms with Gasteiger partial charge in [-0.3, -0.25) is 14.5 Å². The molecule has 1 atom stereocenters. The van der Waals surface area contributed by atoms with Gasteiger partial charge in [-0.15, -0.1) is 0 Å². The standard InChI is InChI=1S/C29H29NO5/c1-29(2,3)22-16-19(14-15-23(22)35-5)26(31)24-25(18-10-7-6-8-11-18)30(28(33)27(24)32)20-12-9-13-21(17-20)34-4/h6-17,25,31H,1-5H3/b26-24-. The van der Waals surface area contributed by atoms with Crippen LogP contribution in [-0.4, -0.2) is 31.0 Å². The lowest BCUT2D eigenvalue weighted by Gasteiger charge is -2.26. The summed E-state index contributed by atoms with van der Waals surface area (Å²) in [6.45, 7) is 6.13. The van der Waals surface area contributed by atoms with Gasteiger partial charge in [0.1, 0.15) is 17.3 Å². The van der Waals surface area contributed by atoms with E-state index >= 15 is 0 Å². The first-order valence-electron chi connectivity index (χ1n) is 11.4. The molecule has 1 unspecified atom stereocenters. The van der Waals surface area contributed by atoms with Crippen LogP contribution in [0.2, 0.25) is 0 Å². The van der Waals surface area contributed by atoms with E-state index in [1.165, 1.54) is 4.90 Å². The van der Waals surface area contributed by atoms with Gasteiger partial charge in [0.2, 0.25) is 0 Å². The third-order valence-electron chi connectivity index (χ3n) is 6.17. The van der Waals surface area contributed by atoms with Gasteiger partial charge in [0.15, 0.2) is 0 Å². The molecule has 1 heterocycles.